The van der Waals surface area contributed by atoms with Crippen LogP contribution < -0.4 is 14.8 Å². The predicted molar refractivity (Wildman–Crippen MR) is 99.7 cm³/mol. The molecule has 3 rings (SSSR count). The minimum Gasteiger partial charge on any atom is -0.493 e. The van der Waals surface area contributed by atoms with Gasteiger partial charge >= 0.3 is 0 Å². The second kappa shape index (κ2) is 7.42. The van der Waals surface area contributed by atoms with E-state index in [2.05, 4.69) is 17.2 Å². The third-order valence-corrected chi connectivity index (χ3v) is 4.07. The largest absolute Gasteiger partial charge is 0.493 e. The molecule has 0 unspecified atom stereocenters. The minimum atomic E-state index is 0.683. The van der Waals surface area contributed by atoms with Crippen molar-refractivity contribution in [3.05, 3.63) is 36.0 Å². The highest BCUT2D eigenvalue weighted by atomic mass is 16.5. The molecule has 0 atom stereocenters. The van der Waals surface area contributed by atoms with Gasteiger partial charge in [0.2, 0.25) is 0 Å². The molecule has 0 radical (unpaired) electrons. The van der Waals surface area contributed by atoms with Crippen LogP contribution in [0.4, 0.5) is 5.82 Å². The number of anilines is 1. The first-order valence-electron chi connectivity index (χ1n) is 8.50. The number of hydrogen-bond acceptors (Lipinski definition) is 5. The van der Waals surface area contributed by atoms with E-state index in [0.717, 1.165) is 47.8 Å². The molecule has 1 N–H and O–H groups in total. The van der Waals surface area contributed by atoms with E-state index in [-0.39, 0.29) is 0 Å². The van der Waals surface area contributed by atoms with Crippen molar-refractivity contribution in [3.63, 3.8) is 0 Å². The van der Waals surface area contributed by atoms with Gasteiger partial charge in [0.1, 0.15) is 5.82 Å². The molecule has 2 heterocycles. The quantitative estimate of drug-likeness (QED) is 0.660. The number of rotatable bonds is 7. The Hall–Kier alpha value is -2.76. The molecule has 0 saturated carbocycles. The molecule has 0 saturated heterocycles. The number of nitrogens with one attached hydrogen (secondary N) is 1. The standard InChI is InChI=1S/C19H24N4O2/c1-5-6-9-20-18-10-13(2)21-19-12-15(22-23(18)19)14-7-8-16(24-3)17(11-14)25-4/h7-8,10-12,20H,5-6,9H2,1-4H3. The number of methoxy groups -OCH3 is 2. The van der Waals surface area contributed by atoms with Gasteiger partial charge in [0.25, 0.3) is 0 Å². The van der Waals surface area contributed by atoms with E-state index >= 15 is 0 Å². The van der Waals surface area contributed by atoms with Gasteiger partial charge in [-0.25, -0.2) is 4.98 Å². The van der Waals surface area contributed by atoms with Crippen LogP contribution in [-0.2, 0) is 0 Å². The minimum absolute atomic E-state index is 0.683. The molecule has 3 aromatic rings. The van der Waals surface area contributed by atoms with Crippen molar-refractivity contribution < 1.29 is 9.47 Å². The van der Waals surface area contributed by atoms with Gasteiger partial charge in [-0.1, -0.05) is 13.3 Å². The molecule has 6 nitrogen and oxygen atoms in total. The fraction of sp³-hybridized carbons (Fsp3) is 0.368. The number of unbranched alkanes of at least 4 members (excludes halogenated alkanes) is 1. The maximum atomic E-state index is 5.39. The van der Waals surface area contributed by atoms with E-state index in [1.807, 2.05) is 41.8 Å². The molecule has 0 aliphatic heterocycles. The van der Waals surface area contributed by atoms with E-state index in [9.17, 15) is 0 Å². The zero-order valence-corrected chi connectivity index (χ0v) is 15.2. The van der Waals surface area contributed by atoms with Crippen molar-refractivity contribution in [2.45, 2.75) is 26.7 Å². The van der Waals surface area contributed by atoms with Crippen LogP contribution in [0.3, 0.4) is 0 Å². The fourth-order valence-corrected chi connectivity index (χ4v) is 2.76. The molecule has 0 fully saturated rings. The maximum Gasteiger partial charge on any atom is 0.161 e. The van der Waals surface area contributed by atoms with Crippen LogP contribution in [0.25, 0.3) is 16.9 Å². The summed E-state index contributed by atoms with van der Waals surface area (Å²) in [7, 11) is 3.26. The summed E-state index contributed by atoms with van der Waals surface area (Å²) in [6.45, 7) is 5.09. The number of aryl methyl sites for hydroxylation is 1. The first kappa shape index (κ1) is 17.1. The van der Waals surface area contributed by atoms with Gasteiger partial charge in [-0.2, -0.15) is 9.61 Å². The van der Waals surface area contributed by atoms with E-state index in [4.69, 9.17) is 14.6 Å². The van der Waals surface area contributed by atoms with Gasteiger partial charge in [-0.05, 0) is 31.5 Å². The lowest BCUT2D eigenvalue weighted by atomic mass is 10.1. The third-order valence-electron chi connectivity index (χ3n) is 4.07. The van der Waals surface area contributed by atoms with Gasteiger partial charge in [-0.15, -0.1) is 0 Å². The van der Waals surface area contributed by atoms with Crippen LogP contribution in [0, 0.1) is 6.92 Å². The lowest BCUT2D eigenvalue weighted by molar-refractivity contribution is 0.355. The normalized spacial score (nSPS) is 10.9. The summed E-state index contributed by atoms with van der Waals surface area (Å²) in [4.78, 5) is 4.59. The third kappa shape index (κ3) is 3.52. The molecule has 6 heteroatoms. The van der Waals surface area contributed by atoms with Crippen molar-refractivity contribution >= 4 is 11.5 Å². The molecular formula is C19H24N4O2. The Morgan fingerprint density at radius 1 is 1.08 bits per heavy atom. The number of nitrogens with zero attached hydrogens (tertiary/aromatic N) is 3. The lowest BCUT2D eigenvalue weighted by Gasteiger charge is -2.09. The van der Waals surface area contributed by atoms with Crippen molar-refractivity contribution in [1.82, 2.24) is 14.6 Å². The zero-order chi connectivity index (χ0) is 17.8. The Morgan fingerprint density at radius 2 is 1.88 bits per heavy atom. The molecule has 0 amide bonds. The second-order valence-corrected chi connectivity index (χ2v) is 5.93. The van der Waals surface area contributed by atoms with Crippen molar-refractivity contribution in [2.75, 3.05) is 26.1 Å². The topological polar surface area (TPSA) is 60.7 Å². The predicted octanol–water partition coefficient (Wildman–Crippen LogP) is 3.93. The highest BCUT2D eigenvalue weighted by Crippen LogP contribution is 2.32. The summed E-state index contributed by atoms with van der Waals surface area (Å²) in [6.07, 6.45) is 2.27. The molecule has 0 bridgehead atoms. The van der Waals surface area contributed by atoms with Crippen molar-refractivity contribution in [1.29, 1.82) is 0 Å². The smallest absolute Gasteiger partial charge is 0.161 e. The average molecular weight is 340 g/mol. The van der Waals surface area contributed by atoms with Crippen LogP contribution in [0.2, 0.25) is 0 Å². The van der Waals surface area contributed by atoms with E-state index in [1.165, 1.54) is 0 Å². The van der Waals surface area contributed by atoms with Gasteiger partial charge in [0.15, 0.2) is 17.1 Å². The number of aromatic nitrogens is 3. The Morgan fingerprint density at radius 3 is 2.60 bits per heavy atom. The fourth-order valence-electron chi connectivity index (χ4n) is 2.76. The summed E-state index contributed by atoms with van der Waals surface area (Å²) < 4.78 is 12.6. The molecule has 2 aromatic heterocycles. The molecule has 0 aliphatic carbocycles. The highest BCUT2D eigenvalue weighted by molar-refractivity contribution is 5.68. The lowest BCUT2D eigenvalue weighted by Crippen LogP contribution is -2.07. The maximum absolute atomic E-state index is 5.39. The first-order chi connectivity index (χ1) is 12.2. The molecule has 1 aromatic carbocycles. The van der Waals surface area contributed by atoms with Gasteiger partial charge in [0.05, 0.1) is 19.9 Å². The highest BCUT2D eigenvalue weighted by Gasteiger charge is 2.12. The first-order valence-corrected chi connectivity index (χ1v) is 8.50. The summed E-state index contributed by atoms with van der Waals surface area (Å²) in [5.74, 6) is 2.34. The van der Waals surface area contributed by atoms with E-state index in [0.29, 0.717) is 11.5 Å². The molecule has 132 valence electrons. The van der Waals surface area contributed by atoms with Crippen molar-refractivity contribution in [3.8, 4) is 22.8 Å². The summed E-state index contributed by atoms with van der Waals surface area (Å²) >= 11 is 0. The monoisotopic (exact) mass is 340 g/mol. The number of hydrogen-bond donors (Lipinski definition) is 1. The van der Waals surface area contributed by atoms with Crippen LogP contribution in [-0.4, -0.2) is 35.4 Å². The van der Waals surface area contributed by atoms with Crippen LogP contribution in [0.1, 0.15) is 25.5 Å². The second-order valence-electron chi connectivity index (χ2n) is 5.93. The summed E-state index contributed by atoms with van der Waals surface area (Å²) in [6, 6.07) is 9.79. The van der Waals surface area contributed by atoms with Crippen LogP contribution in [0.15, 0.2) is 30.3 Å². The van der Waals surface area contributed by atoms with Crippen LogP contribution in [0.5, 0.6) is 11.5 Å². The molecule has 0 spiro atoms. The van der Waals surface area contributed by atoms with Gasteiger partial charge in [0, 0.05) is 29.9 Å². The Labute approximate surface area is 147 Å². The van der Waals surface area contributed by atoms with Crippen LogP contribution >= 0.6 is 0 Å². The Kier molecular flexibility index (Phi) is 5.07. The van der Waals surface area contributed by atoms with Crippen molar-refractivity contribution in [2.24, 2.45) is 0 Å². The average Bonchev–Trinajstić information content (AvgIpc) is 3.05. The summed E-state index contributed by atoms with van der Waals surface area (Å²) in [5.41, 5.74) is 3.59. The van der Waals surface area contributed by atoms with E-state index < -0.39 is 0 Å². The van der Waals surface area contributed by atoms with E-state index in [1.54, 1.807) is 14.2 Å². The SMILES string of the molecule is CCCCNc1cc(C)nc2cc(-c3ccc(OC)c(OC)c3)nn12. The summed E-state index contributed by atoms with van der Waals surface area (Å²) in [5, 5.41) is 8.18. The number of fused-ring (bicyclic) bond motifs is 1. The number of ether oxygens (including phenoxy) is 2. The zero-order valence-electron chi connectivity index (χ0n) is 15.2. The Bertz CT molecular complexity index is 873. The molecular weight excluding hydrogens is 316 g/mol. The van der Waals surface area contributed by atoms with Gasteiger partial charge in [-0.3, -0.25) is 0 Å². The Balaban J connectivity index is 2.02. The molecule has 25 heavy (non-hydrogen) atoms. The number of benzene rings is 1. The van der Waals surface area contributed by atoms with Gasteiger partial charge < -0.3 is 14.8 Å². The molecule has 0 aliphatic rings.